The van der Waals surface area contributed by atoms with Crippen LogP contribution in [-0.4, -0.2) is 6.18 Å². The normalized spacial score (nSPS) is 16.2. The van der Waals surface area contributed by atoms with E-state index in [1.165, 1.54) is 0 Å². The first kappa shape index (κ1) is 11.9. The Kier molecular flexibility index (Phi) is 2.73. The van der Waals surface area contributed by atoms with Crippen LogP contribution in [-0.2, 0) is 5.54 Å². The molecule has 0 bridgehead atoms. The van der Waals surface area contributed by atoms with Crippen molar-refractivity contribution in [3.63, 3.8) is 0 Å². The molecular formula is C9H8F5N. The van der Waals surface area contributed by atoms with E-state index >= 15 is 0 Å². The molecule has 0 fully saturated rings. The van der Waals surface area contributed by atoms with Gasteiger partial charge in [-0.2, -0.15) is 13.2 Å². The fraction of sp³-hybridized carbons (Fsp3) is 0.333. The van der Waals surface area contributed by atoms with Crippen LogP contribution in [0.1, 0.15) is 12.5 Å². The van der Waals surface area contributed by atoms with Gasteiger partial charge in [-0.25, -0.2) is 8.78 Å². The van der Waals surface area contributed by atoms with Gasteiger partial charge < -0.3 is 5.73 Å². The molecule has 0 aromatic heterocycles. The summed E-state index contributed by atoms with van der Waals surface area (Å²) in [5.74, 6) is -2.92. The van der Waals surface area contributed by atoms with Crippen molar-refractivity contribution >= 4 is 0 Å². The fourth-order valence-corrected chi connectivity index (χ4v) is 1.06. The zero-order chi connectivity index (χ0) is 11.9. The van der Waals surface area contributed by atoms with Gasteiger partial charge >= 0.3 is 6.18 Å². The van der Waals surface area contributed by atoms with Gasteiger partial charge in [0, 0.05) is 5.56 Å². The minimum absolute atomic E-state index is 0.588. The summed E-state index contributed by atoms with van der Waals surface area (Å²) in [6.45, 7) is 0.588. The quantitative estimate of drug-likeness (QED) is 0.730. The third-order valence-electron chi connectivity index (χ3n) is 2.10. The molecule has 6 heteroatoms. The number of halogens is 5. The number of hydrogen-bond acceptors (Lipinski definition) is 1. The molecule has 0 aliphatic carbocycles. The second kappa shape index (κ2) is 3.44. The summed E-state index contributed by atoms with van der Waals surface area (Å²) in [5, 5.41) is 0. The molecule has 1 rings (SSSR count). The van der Waals surface area contributed by atoms with Gasteiger partial charge in [0.25, 0.3) is 0 Å². The summed E-state index contributed by atoms with van der Waals surface area (Å²) in [6, 6.07) is 2.52. The summed E-state index contributed by atoms with van der Waals surface area (Å²) in [6.07, 6.45) is -4.85. The Hall–Kier alpha value is -1.17. The van der Waals surface area contributed by atoms with Crippen molar-refractivity contribution in [1.29, 1.82) is 0 Å². The molecule has 0 spiro atoms. The molecule has 0 saturated heterocycles. The minimum Gasteiger partial charge on any atom is -0.314 e. The van der Waals surface area contributed by atoms with E-state index in [4.69, 9.17) is 5.73 Å². The third-order valence-corrected chi connectivity index (χ3v) is 2.10. The van der Waals surface area contributed by atoms with E-state index in [1.54, 1.807) is 0 Å². The first-order chi connectivity index (χ1) is 6.68. The van der Waals surface area contributed by atoms with E-state index < -0.39 is 28.9 Å². The molecule has 84 valence electrons. The third kappa shape index (κ3) is 1.94. The second-order valence-electron chi connectivity index (χ2n) is 3.30. The molecule has 1 nitrogen and oxygen atoms in total. The predicted octanol–water partition coefficient (Wildman–Crippen LogP) is 2.70. The van der Waals surface area contributed by atoms with E-state index in [0.717, 1.165) is 18.2 Å². The molecule has 1 aromatic rings. The average Bonchev–Trinajstić information content (AvgIpc) is 2.07. The van der Waals surface area contributed by atoms with Crippen LogP contribution in [0.25, 0.3) is 0 Å². The van der Waals surface area contributed by atoms with Crippen LogP contribution in [0.5, 0.6) is 0 Å². The SMILES string of the molecule is CC(N)(c1cccc(F)c1F)C(F)(F)F. The van der Waals surface area contributed by atoms with Crippen molar-refractivity contribution in [2.24, 2.45) is 5.73 Å². The number of alkyl halides is 3. The van der Waals surface area contributed by atoms with E-state index in [1.807, 2.05) is 0 Å². The van der Waals surface area contributed by atoms with Gasteiger partial charge in [-0.15, -0.1) is 0 Å². The van der Waals surface area contributed by atoms with Gasteiger partial charge in [-0.1, -0.05) is 12.1 Å². The molecular weight excluding hydrogens is 217 g/mol. The monoisotopic (exact) mass is 225 g/mol. The zero-order valence-corrected chi connectivity index (χ0v) is 7.70. The molecule has 0 aliphatic rings. The molecule has 2 N–H and O–H groups in total. The number of nitrogens with two attached hydrogens (primary N) is 1. The molecule has 0 aliphatic heterocycles. The lowest BCUT2D eigenvalue weighted by molar-refractivity contribution is -0.184. The molecule has 0 radical (unpaired) electrons. The molecule has 15 heavy (non-hydrogen) atoms. The average molecular weight is 225 g/mol. The highest BCUT2D eigenvalue weighted by atomic mass is 19.4. The summed E-state index contributed by atoms with van der Waals surface area (Å²) < 4.78 is 63.0. The Balaban J connectivity index is 3.34. The Morgan fingerprint density at radius 1 is 1.13 bits per heavy atom. The fourth-order valence-electron chi connectivity index (χ4n) is 1.06. The highest BCUT2D eigenvalue weighted by molar-refractivity contribution is 5.27. The minimum atomic E-state index is -4.85. The van der Waals surface area contributed by atoms with Gasteiger partial charge in [-0.05, 0) is 13.0 Å². The van der Waals surface area contributed by atoms with E-state index in [0.29, 0.717) is 6.92 Å². The molecule has 0 heterocycles. The second-order valence-corrected chi connectivity index (χ2v) is 3.30. The lowest BCUT2D eigenvalue weighted by Crippen LogP contribution is -2.48. The highest BCUT2D eigenvalue weighted by Crippen LogP contribution is 2.37. The van der Waals surface area contributed by atoms with Crippen LogP contribution in [0.4, 0.5) is 22.0 Å². The summed E-state index contributed by atoms with van der Waals surface area (Å²) in [4.78, 5) is 0. The van der Waals surface area contributed by atoms with Crippen molar-refractivity contribution in [2.75, 3.05) is 0 Å². The predicted molar refractivity (Wildman–Crippen MR) is 44.0 cm³/mol. The van der Waals surface area contributed by atoms with Crippen LogP contribution in [0.3, 0.4) is 0 Å². The largest absolute Gasteiger partial charge is 0.410 e. The lowest BCUT2D eigenvalue weighted by Gasteiger charge is -2.28. The van der Waals surface area contributed by atoms with Crippen molar-refractivity contribution in [1.82, 2.24) is 0 Å². The van der Waals surface area contributed by atoms with Crippen molar-refractivity contribution in [3.05, 3.63) is 35.4 Å². The van der Waals surface area contributed by atoms with E-state index in [9.17, 15) is 22.0 Å². The van der Waals surface area contributed by atoms with Gasteiger partial charge in [0.05, 0.1) is 0 Å². The van der Waals surface area contributed by atoms with Gasteiger partial charge in [0.1, 0.15) is 5.54 Å². The first-order valence-electron chi connectivity index (χ1n) is 3.98. The van der Waals surface area contributed by atoms with Crippen LogP contribution in [0.2, 0.25) is 0 Å². The van der Waals surface area contributed by atoms with Crippen molar-refractivity contribution in [2.45, 2.75) is 18.6 Å². The van der Waals surface area contributed by atoms with Crippen LogP contribution in [0, 0.1) is 11.6 Å². The topological polar surface area (TPSA) is 26.0 Å². The Morgan fingerprint density at radius 3 is 2.13 bits per heavy atom. The summed E-state index contributed by atoms with van der Waals surface area (Å²) >= 11 is 0. The van der Waals surface area contributed by atoms with Crippen molar-refractivity contribution in [3.8, 4) is 0 Å². The lowest BCUT2D eigenvalue weighted by atomic mass is 9.92. The first-order valence-corrected chi connectivity index (χ1v) is 3.98. The smallest absolute Gasteiger partial charge is 0.314 e. The highest BCUT2D eigenvalue weighted by Gasteiger charge is 2.51. The number of hydrogen-bond donors (Lipinski definition) is 1. The van der Waals surface area contributed by atoms with Crippen LogP contribution < -0.4 is 5.73 Å². The van der Waals surface area contributed by atoms with Gasteiger partial charge in [-0.3, -0.25) is 0 Å². The Labute approximate surface area is 82.7 Å². The van der Waals surface area contributed by atoms with Crippen LogP contribution in [0.15, 0.2) is 18.2 Å². The molecule has 1 unspecified atom stereocenters. The molecule has 1 aromatic carbocycles. The summed E-state index contributed by atoms with van der Waals surface area (Å²) in [5.41, 5.74) is 1.14. The van der Waals surface area contributed by atoms with E-state index in [2.05, 4.69) is 0 Å². The molecule has 0 saturated carbocycles. The van der Waals surface area contributed by atoms with Crippen molar-refractivity contribution < 1.29 is 22.0 Å². The zero-order valence-electron chi connectivity index (χ0n) is 7.70. The van der Waals surface area contributed by atoms with Gasteiger partial charge in [0.15, 0.2) is 11.6 Å². The molecule has 0 amide bonds. The Morgan fingerprint density at radius 2 is 1.67 bits per heavy atom. The van der Waals surface area contributed by atoms with E-state index in [-0.39, 0.29) is 0 Å². The maximum absolute atomic E-state index is 13.1. The maximum Gasteiger partial charge on any atom is 0.410 e. The van der Waals surface area contributed by atoms with Gasteiger partial charge in [0.2, 0.25) is 0 Å². The van der Waals surface area contributed by atoms with Crippen LogP contribution >= 0.6 is 0 Å². The standard InChI is InChI=1S/C9H8F5N/c1-8(15,9(12,13)14)5-3-2-4-6(10)7(5)11/h2-4H,15H2,1H3. The Bertz CT molecular complexity index is 369. The molecule has 1 atom stereocenters. The number of rotatable bonds is 1. The number of benzene rings is 1. The summed E-state index contributed by atoms with van der Waals surface area (Å²) in [7, 11) is 0. The maximum atomic E-state index is 13.1.